The van der Waals surface area contributed by atoms with Crippen molar-refractivity contribution in [1.29, 1.82) is 0 Å². The van der Waals surface area contributed by atoms with Gasteiger partial charge in [-0.3, -0.25) is 9.69 Å². The van der Waals surface area contributed by atoms with Crippen LogP contribution >= 0.6 is 0 Å². The van der Waals surface area contributed by atoms with Gasteiger partial charge in [-0.1, -0.05) is 36.8 Å². The van der Waals surface area contributed by atoms with E-state index in [4.69, 9.17) is 9.47 Å². The number of aryl methyl sites for hydroxylation is 1. The van der Waals surface area contributed by atoms with Crippen molar-refractivity contribution >= 4 is 5.91 Å². The van der Waals surface area contributed by atoms with Gasteiger partial charge in [0, 0.05) is 38.3 Å². The first-order valence-corrected chi connectivity index (χ1v) is 14.1. The predicted octanol–water partition coefficient (Wildman–Crippen LogP) is 6.36. The van der Waals surface area contributed by atoms with Gasteiger partial charge in [-0.05, 0) is 91.1 Å². The van der Waals surface area contributed by atoms with Gasteiger partial charge < -0.3 is 14.4 Å². The summed E-state index contributed by atoms with van der Waals surface area (Å²) in [5, 5.41) is 0. The molecule has 3 aromatic rings. The summed E-state index contributed by atoms with van der Waals surface area (Å²) in [4.78, 5) is 17.6. The van der Waals surface area contributed by atoms with Crippen molar-refractivity contribution in [2.75, 3.05) is 39.9 Å². The maximum Gasteiger partial charge on any atom is 0.253 e. The summed E-state index contributed by atoms with van der Waals surface area (Å²) in [6, 6.07) is 22.7. The van der Waals surface area contributed by atoms with Crippen LogP contribution in [0.4, 0.5) is 4.39 Å². The van der Waals surface area contributed by atoms with Crippen molar-refractivity contribution in [2.24, 2.45) is 5.41 Å². The van der Waals surface area contributed by atoms with Gasteiger partial charge in [0.2, 0.25) is 0 Å². The maximum absolute atomic E-state index is 13.4. The first kappa shape index (κ1) is 27.2. The molecule has 0 radical (unpaired) electrons. The Labute approximate surface area is 231 Å². The van der Waals surface area contributed by atoms with Crippen LogP contribution in [0.3, 0.4) is 0 Å². The fraction of sp³-hybridized carbons (Fsp3) is 0.424. The molecule has 0 atom stereocenters. The van der Waals surface area contributed by atoms with Crippen LogP contribution in [0.1, 0.15) is 53.6 Å². The standard InChI is InChI=1S/C33H39FN2O3/c1-38-30-15-9-26(10-16-30)24-35-22-23-39-31-8-3-2-6-27(31)7-4-5-17-33(25-35)18-20-36(21-19-33)32(37)28-11-13-29(34)14-12-28/h2-3,6,8-16H,4-5,7,17-25H2,1H3. The number of piperidine rings is 1. The Hall–Kier alpha value is -3.38. The molecule has 39 heavy (non-hydrogen) atoms. The molecule has 0 N–H and O–H groups in total. The summed E-state index contributed by atoms with van der Waals surface area (Å²) in [5.74, 6) is 1.55. The Morgan fingerprint density at radius 1 is 0.923 bits per heavy atom. The molecule has 0 saturated carbocycles. The number of ether oxygens (including phenoxy) is 2. The van der Waals surface area contributed by atoms with Crippen LogP contribution in [0.25, 0.3) is 0 Å². The van der Waals surface area contributed by atoms with Crippen LogP contribution in [0.15, 0.2) is 72.8 Å². The highest BCUT2D eigenvalue weighted by Gasteiger charge is 2.37. The molecule has 6 heteroatoms. The van der Waals surface area contributed by atoms with Crippen molar-refractivity contribution in [2.45, 2.75) is 45.1 Å². The van der Waals surface area contributed by atoms with Crippen LogP contribution in [-0.2, 0) is 13.0 Å². The number of benzene rings is 3. The van der Waals surface area contributed by atoms with Gasteiger partial charge in [0.25, 0.3) is 5.91 Å². The third-order valence-electron chi connectivity index (χ3n) is 8.37. The smallest absolute Gasteiger partial charge is 0.253 e. The average molecular weight is 531 g/mol. The lowest BCUT2D eigenvalue weighted by atomic mass is 9.73. The van der Waals surface area contributed by atoms with Crippen LogP contribution in [0.5, 0.6) is 11.5 Å². The van der Waals surface area contributed by atoms with Crippen molar-refractivity contribution in [3.63, 3.8) is 0 Å². The molecule has 1 spiro atoms. The number of halogens is 1. The number of para-hydroxylation sites is 1. The topological polar surface area (TPSA) is 42.0 Å². The molecular weight excluding hydrogens is 491 g/mol. The first-order valence-electron chi connectivity index (χ1n) is 14.1. The zero-order chi connectivity index (χ0) is 27.1. The van der Waals surface area contributed by atoms with E-state index in [1.807, 2.05) is 17.0 Å². The minimum absolute atomic E-state index is 0.00176. The fourth-order valence-corrected chi connectivity index (χ4v) is 6.08. The van der Waals surface area contributed by atoms with E-state index >= 15 is 0 Å². The third-order valence-corrected chi connectivity index (χ3v) is 8.37. The zero-order valence-electron chi connectivity index (χ0n) is 22.9. The Balaban J connectivity index is 1.32. The van der Waals surface area contributed by atoms with E-state index in [9.17, 15) is 9.18 Å². The quantitative estimate of drug-likeness (QED) is 0.393. The summed E-state index contributed by atoms with van der Waals surface area (Å²) in [7, 11) is 1.69. The minimum Gasteiger partial charge on any atom is -0.497 e. The van der Waals surface area contributed by atoms with Gasteiger partial charge in [0.1, 0.15) is 23.9 Å². The zero-order valence-corrected chi connectivity index (χ0v) is 22.9. The van der Waals surface area contributed by atoms with Gasteiger partial charge >= 0.3 is 0 Å². The lowest BCUT2D eigenvalue weighted by Gasteiger charge is -2.45. The predicted molar refractivity (Wildman–Crippen MR) is 152 cm³/mol. The van der Waals surface area contributed by atoms with E-state index in [1.54, 1.807) is 19.2 Å². The summed E-state index contributed by atoms with van der Waals surface area (Å²) in [6.45, 7) is 4.74. The second kappa shape index (κ2) is 12.6. The molecule has 1 amide bonds. The lowest BCUT2D eigenvalue weighted by Crippen LogP contribution is -2.48. The summed E-state index contributed by atoms with van der Waals surface area (Å²) in [5.41, 5.74) is 3.24. The Bertz CT molecular complexity index is 1220. The number of carbonyl (C=O) groups is 1. The molecule has 1 saturated heterocycles. The highest BCUT2D eigenvalue weighted by molar-refractivity contribution is 5.94. The van der Waals surface area contributed by atoms with Gasteiger partial charge in [0.15, 0.2) is 0 Å². The molecule has 5 rings (SSSR count). The molecule has 0 bridgehead atoms. The molecule has 2 aliphatic heterocycles. The molecule has 3 aromatic carbocycles. The molecule has 5 nitrogen and oxygen atoms in total. The molecule has 0 unspecified atom stereocenters. The number of fused-ring (bicyclic) bond motifs is 1. The monoisotopic (exact) mass is 530 g/mol. The second-order valence-corrected chi connectivity index (χ2v) is 11.0. The molecule has 0 aromatic heterocycles. The van der Waals surface area contributed by atoms with E-state index in [2.05, 4.69) is 41.3 Å². The van der Waals surface area contributed by atoms with E-state index in [0.717, 1.165) is 82.7 Å². The number of methoxy groups -OCH3 is 1. The van der Waals surface area contributed by atoms with Crippen molar-refractivity contribution in [1.82, 2.24) is 9.80 Å². The molecule has 2 heterocycles. The fourth-order valence-electron chi connectivity index (χ4n) is 6.08. The number of amides is 1. The maximum atomic E-state index is 13.4. The number of likely N-dealkylation sites (tertiary alicyclic amines) is 1. The number of hydrogen-bond acceptors (Lipinski definition) is 4. The van der Waals surface area contributed by atoms with Gasteiger partial charge in [0.05, 0.1) is 7.11 Å². The van der Waals surface area contributed by atoms with Gasteiger partial charge in [-0.2, -0.15) is 0 Å². The van der Waals surface area contributed by atoms with E-state index in [0.29, 0.717) is 12.2 Å². The van der Waals surface area contributed by atoms with E-state index in [-0.39, 0.29) is 17.1 Å². The number of carbonyl (C=O) groups excluding carboxylic acids is 1. The van der Waals surface area contributed by atoms with Crippen LogP contribution in [0, 0.1) is 11.2 Å². The van der Waals surface area contributed by atoms with Crippen molar-refractivity contribution in [3.05, 3.63) is 95.3 Å². The van der Waals surface area contributed by atoms with Crippen LogP contribution in [-0.4, -0.2) is 55.6 Å². The molecule has 2 aliphatic rings. The third kappa shape index (κ3) is 6.99. The molecule has 1 fully saturated rings. The SMILES string of the molecule is COc1ccc(CN2CCOc3ccccc3CCCCC3(CCN(C(=O)c4ccc(F)cc4)CC3)C2)cc1. The molecular formula is C33H39FN2O3. The van der Waals surface area contributed by atoms with Crippen LogP contribution in [0.2, 0.25) is 0 Å². The van der Waals surface area contributed by atoms with Crippen molar-refractivity contribution in [3.8, 4) is 11.5 Å². The summed E-state index contributed by atoms with van der Waals surface area (Å²) in [6.07, 6.45) is 6.38. The highest BCUT2D eigenvalue weighted by atomic mass is 19.1. The largest absolute Gasteiger partial charge is 0.497 e. The minimum atomic E-state index is -0.319. The lowest BCUT2D eigenvalue weighted by molar-refractivity contribution is 0.0361. The normalized spacial score (nSPS) is 18.4. The molecule has 0 aliphatic carbocycles. The van der Waals surface area contributed by atoms with Crippen molar-refractivity contribution < 1.29 is 18.7 Å². The summed E-state index contributed by atoms with van der Waals surface area (Å²) >= 11 is 0. The van der Waals surface area contributed by atoms with Crippen LogP contribution < -0.4 is 9.47 Å². The summed E-state index contributed by atoms with van der Waals surface area (Å²) < 4.78 is 25.1. The highest BCUT2D eigenvalue weighted by Crippen LogP contribution is 2.39. The first-order chi connectivity index (χ1) is 19.0. The number of hydrogen-bond donors (Lipinski definition) is 0. The Morgan fingerprint density at radius 3 is 2.41 bits per heavy atom. The van der Waals surface area contributed by atoms with E-state index in [1.165, 1.54) is 23.3 Å². The Morgan fingerprint density at radius 2 is 1.67 bits per heavy atom. The van der Waals surface area contributed by atoms with Gasteiger partial charge in [-0.15, -0.1) is 0 Å². The Kier molecular flexibility index (Phi) is 8.82. The second-order valence-electron chi connectivity index (χ2n) is 11.0. The number of rotatable bonds is 4. The molecule has 206 valence electrons. The average Bonchev–Trinajstić information content (AvgIpc) is 2.96. The van der Waals surface area contributed by atoms with Gasteiger partial charge in [-0.25, -0.2) is 4.39 Å². The number of nitrogens with zero attached hydrogens (tertiary/aromatic N) is 2. The van der Waals surface area contributed by atoms with E-state index < -0.39 is 0 Å².